The summed E-state index contributed by atoms with van der Waals surface area (Å²) in [5, 5.41) is 20.6. The molecule has 0 bridgehead atoms. The fourth-order valence-electron chi connectivity index (χ4n) is 3.09. The van der Waals surface area contributed by atoms with Crippen molar-refractivity contribution in [3.05, 3.63) is 0 Å². The molecule has 2 saturated carbocycles. The summed E-state index contributed by atoms with van der Waals surface area (Å²) in [6, 6.07) is -0.459. The minimum absolute atomic E-state index is 0.0844. The molecular formula is C10H14N2O5. The van der Waals surface area contributed by atoms with Crippen molar-refractivity contribution in [2.45, 2.75) is 24.9 Å². The van der Waals surface area contributed by atoms with Crippen molar-refractivity contribution in [1.29, 1.82) is 0 Å². The van der Waals surface area contributed by atoms with Gasteiger partial charge in [-0.25, -0.2) is 0 Å². The third-order valence-corrected chi connectivity index (χ3v) is 3.76. The molecule has 7 nitrogen and oxygen atoms in total. The van der Waals surface area contributed by atoms with E-state index in [2.05, 4.69) is 5.32 Å². The van der Waals surface area contributed by atoms with Crippen LogP contribution in [0, 0.1) is 17.8 Å². The van der Waals surface area contributed by atoms with E-state index in [0.717, 1.165) is 0 Å². The first kappa shape index (κ1) is 11.8. The highest BCUT2D eigenvalue weighted by Crippen LogP contribution is 2.61. The summed E-state index contributed by atoms with van der Waals surface area (Å²) >= 11 is 0. The van der Waals surface area contributed by atoms with Crippen molar-refractivity contribution in [3.8, 4) is 0 Å². The van der Waals surface area contributed by atoms with Crippen LogP contribution in [0.25, 0.3) is 0 Å². The summed E-state index contributed by atoms with van der Waals surface area (Å²) in [5.41, 5.74) is 4.23. The maximum absolute atomic E-state index is 11.1. The first-order valence-electron chi connectivity index (χ1n) is 5.31. The standard InChI is InChI=1S/C10H14N2O5/c1-3(13)12-4-2-10(11,9(16)17)7-5(4)6(7)8(14)15/h4-7H,2,11H2,1H3,(H,12,13)(H,14,15)(H,16,17)/t4-,5-,6-,7+,10-/m1/s1. The average molecular weight is 242 g/mol. The van der Waals surface area contributed by atoms with Crippen molar-refractivity contribution in [1.82, 2.24) is 5.32 Å². The van der Waals surface area contributed by atoms with Crippen molar-refractivity contribution in [2.75, 3.05) is 0 Å². The van der Waals surface area contributed by atoms with Crippen LogP contribution in [-0.2, 0) is 14.4 Å². The maximum atomic E-state index is 11.1. The summed E-state index contributed by atoms with van der Waals surface area (Å²) in [4.78, 5) is 33.1. The number of amides is 1. The lowest BCUT2D eigenvalue weighted by Gasteiger charge is -2.24. The zero-order chi connectivity index (χ0) is 13.0. The summed E-state index contributed by atoms with van der Waals surface area (Å²) < 4.78 is 0. The van der Waals surface area contributed by atoms with Gasteiger partial charge in [0.15, 0.2) is 0 Å². The molecule has 5 atom stereocenters. The van der Waals surface area contributed by atoms with Gasteiger partial charge in [-0.2, -0.15) is 0 Å². The van der Waals surface area contributed by atoms with E-state index >= 15 is 0 Å². The van der Waals surface area contributed by atoms with Gasteiger partial charge in [-0.15, -0.1) is 0 Å². The Hall–Kier alpha value is -1.63. The van der Waals surface area contributed by atoms with Crippen LogP contribution in [0.4, 0.5) is 0 Å². The number of hydrogen-bond donors (Lipinski definition) is 4. The fourth-order valence-corrected chi connectivity index (χ4v) is 3.09. The van der Waals surface area contributed by atoms with E-state index < -0.39 is 35.4 Å². The largest absolute Gasteiger partial charge is 0.481 e. The van der Waals surface area contributed by atoms with Gasteiger partial charge < -0.3 is 21.3 Å². The van der Waals surface area contributed by atoms with Crippen LogP contribution in [0.3, 0.4) is 0 Å². The third-order valence-electron chi connectivity index (χ3n) is 3.76. The highest BCUT2D eigenvalue weighted by Gasteiger charge is 2.74. The second-order valence-corrected chi connectivity index (χ2v) is 4.82. The third kappa shape index (κ3) is 1.57. The molecule has 0 radical (unpaired) electrons. The van der Waals surface area contributed by atoms with Crippen molar-refractivity contribution < 1.29 is 24.6 Å². The van der Waals surface area contributed by atoms with E-state index in [0.29, 0.717) is 0 Å². The number of nitrogens with two attached hydrogens (primary N) is 1. The van der Waals surface area contributed by atoms with Gasteiger partial charge in [-0.05, 0) is 12.3 Å². The Balaban J connectivity index is 2.23. The molecule has 0 saturated heterocycles. The van der Waals surface area contributed by atoms with Crippen LogP contribution < -0.4 is 11.1 Å². The molecule has 0 heterocycles. The zero-order valence-electron chi connectivity index (χ0n) is 9.21. The number of nitrogens with one attached hydrogen (secondary N) is 1. The minimum atomic E-state index is -1.54. The molecule has 2 fully saturated rings. The lowest BCUT2D eigenvalue weighted by molar-refractivity contribution is -0.145. The van der Waals surface area contributed by atoms with Gasteiger partial charge >= 0.3 is 11.9 Å². The van der Waals surface area contributed by atoms with Crippen LogP contribution in [-0.4, -0.2) is 39.6 Å². The SMILES string of the molecule is CC(=O)N[C@@H]1C[C@](N)(C(=O)O)[C@@H]2[C@H](C(=O)O)[C@H]21. The zero-order valence-corrected chi connectivity index (χ0v) is 9.21. The summed E-state index contributed by atoms with van der Waals surface area (Å²) in [6.07, 6.45) is 0.0844. The van der Waals surface area contributed by atoms with Gasteiger partial charge in [-0.3, -0.25) is 14.4 Å². The summed E-state index contributed by atoms with van der Waals surface area (Å²) in [7, 11) is 0. The van der Waals surface area contributed by atoms with E-state index in [1.54, 1.807) is 0 Å². The number of carbonyl (C=O) groups excluding carboxylic acids is 1. The van der Waals surface area contributed by atoms with Crippen LogP contribution in [0.2, 0.25) is 0 Å². The van der Waals surface area contributed by atoms with Crippen LogP contribution in [0.5, 0.6) is 0 Å². The highest BCUT2D eigenvalue weighted by atomic mass is 16.4. The number of carboxylic acid groups (broad SMARTS) is 2. The van der Waals surface area contributed by atoms with Crippen LogP contribution in [0.1, 0.15) is 13.3 Å². The van der Waals surface area contributed by atoms with Gasteiger partial charge in [0.2, 0.25) is 5.91 Å². The second kappa shape index (κ2) is 3.43. The molecule has 0 aromatic heterocycles. The van der Waals surface area contributed by atoms with Crippen LogP contribution >= 0.6 is 0 Å². The Labute approximate surface area is 97.0 Å². The Morgan fingerprint density at radius 3 is 2.35 bits per heavy atom. The number of rotatable bonds is 3. The molecule has 94 valence electrons. The molecular weight excluding hydrogens is 228 g/mol. The molecule has 0 unspecified atom stereocenters. The molecule has 5 N–H and O–H groups in total. The quantitative estimate of drug-likeness (QED) is 0.482. The molecule has 0 aliphatic heterocycles. The van der Waals surface area contributed by atoms with Crippen LogP contribution in [0.15, 0.2) is 0 Å². The van der Waals surface area contributed by atoms with Gasteiger partial charge in [0, 0.05) is 18.9 Å². The lowest BCUT2D eigenvalue weighted by atomic mass is 9.90. The van der Waals surface area contributed by atoms with Gasteiger partial charge in [0.05, 0.1) is 5.92 Å². The predicted molar refractivity (Wildman–Crippen MR) is 54.9 cm³/mol. The monoisotopic (exact) mass is 242 g/mol. The topological polar surface area (TPSA) is 130 Å². The Bertz CT molecular complexity index is 410. The number of carboxylic acids is 2. The Kier molecular flexibility index (Phi) is 2.39. The van der Waals surface area contributed by atoms with Crippen molar-refractivity contribution >= 4 is 17.8 Å². The molecule has 1 amide bonds. The van der Waals surface area contributed by atoms with E-state index in [4.69, 9.17) is 15.9 Å². The normalized spacial score (nSPS) is 42.7. The first-order valence-corrected chi connectivity index (χ1v) is 5.31. The molecule has 0 spiro atoms. The Morgan fingerprint density at radius 1 is 1.35 bits per heavy atom. The summed E-state index contributed by atoms with van der Waals surface area (Å²) in [5.74, 6) is -4.27. The maximum Gasteiger partial charge on any atom is 0.324 e. The number of carbonyl (C=O) groups is 3. The van der Waals surface area contributed by atoms with Gasteiger partial charge in [-0.1, -0.05) is 0 Å². The second-order valence-electron chi connectivity index (χ2n) is 4.82. The van der Waals surface area contributed by atoms with Gasteiger partial charge in [0.25, 0.3) is 0 Å². The van der Waals surface area contributed by atoms with E-state index in [9.17, 15) is 14.4 Å². The highest BCUT2D eigenvalue weighted by molar-refractivity contribution is 5.86. The fraction of sp³-hybridized carbons (Fsp3) is 0.700. The smallest absolute Gasteiger partial charge is 0.324 e. The van der Waals surface area contributed by atoms with Gasteiger partial charge in [0.1, 0.15) is 5.54 Å². The lowest BCUT2D eigenvalue weighted by Crippen LogP contribution is -2.52. The average Bonchev–Trinajstić information content (AvgIpc) is 2.84. The van der Waals surface area contributed by atoms with E-state index in [1.165, 1.54) is 6.92 Å². The van der Waals surface area contributed by atoms with Crippen molar-refractivity contribution in [3.63, 3.8) is 0 Å². The molecule has 2 aliphatic rings. The number of hydrogen-bond acceptors (Lipinski definition) is 4. The minimum Gasteiger partial charge on any atom is -0.481 e. The van der Waals surface area contributed by atoms with E-state index in [-0.39, 0.29) is 18.2 Å². The molecule has 7 heteroatoms. The molecule has 17 heavy (non-hydrogen) atoms. The molecule has 2 aliphatic carbocycles. The Morgan fingerprint density at radius 2 is 1.94 bits per heavy atom. The molecule has 0 aromatic rings. The number of fused-ring (bicyclic) bond motifs is 1. The summed E-state index contributed by atoms with van der Waals surface area (Å²) in [6.45, 7) is 1.31. The number of aliphatic carboxylic acids is 2. The predicted octanol–water partition coefficient (Wildman–Crippen LogP) is -1.38. The molecule has 0 aromatic carbocycles. The van der Waals surface area contributed by atoms with Crippen molar-refractivity contribution in [2.24, 2.45) is 23.5 Å². The molecule has 2 rings (SSSR count). The van der Waals surface area contributed by atoms with E-state index in [1.807, 2.05) is 0 Å². The first-order chi connectivity index (χ1) is 7.79.